The molecule has 3 aliphatic rings. The Morgan fingerprint density at radius 2 is 1.85 bits per heavy atom. The fourth-order valence-corrected chi connectivity index (χ4v) is 6.68. The summed E-state index contributed by atoms with van der Waals surface area (Å²) >= 11 is 0. The molecule has 2 bridgehead atoms. The molecule has 0 aromatic carbocycles. The maximum Gasteiger partial charge on any atom is 0.306 e. The minimum atomic E-state index is -0.631. The Balaban J connectivity index is 1.69. The van der Waals surface area contributed by atoms with Gasteiger partial charge in [-0.2, -0.15) is 0 Å². The van der Waals surface area contributed by atoms with Crippen LogP contribution in [0.3, 0.4) is 0 Å². The van der Waals surface area contributed by atoms with Crippen LogP contribution in [0.5, 0.6) is 5.75 Å². The van der Waals surface area contributed by atoms with Gasteiger partial charge in [-0.15, -0.1) is 0 Å². The van der Waals surface area contributed by atoms with Crippen LogP contribution in [0.1, 0.15) is 97.0 Å². The van der Waals surface area contributed by atoms with E-state index in [-0.39, 0.29) is 36.9 Å². The summed E-state index contributed by atoms with van der Waals surface area (Å²) in [5.41, 5.74) is 5.91. The van der Waals surface area contributed by atoms with Crippen molar-refractivity contribution in [1.29, 1.82) is 0 Å². The number of fused-ring (bicyclic) bond motifs is 4. The summed E-state index contributed by atoms with van der Waals surface area (Å²) in [6, 6.07) is -0.631. The quantitative estimate of drug-likeness (QED) is 0.429. The van der Waals surface area contributed by atoms with Crippen molar-refractivity contribution in [2.24, 2.45) is 28.9 Å². The maximum absolute atomic E-state index is 14.1. The van der Waals surface area contributed by atoms with Gasteiger partial charge in [-0.1, -0.05) is 40.5 Å². The van der Waals surface area contributed by atoms with Gasteiger partial charge in [0.2, 0.25) is 5.91 Å². The third-order valence-corrected chi connectivity index (χ3v) is 8.99. The van der Waals surface area contributed by atoms with Crippen LogP contribution in [0.2, 0.25) is 0 Å². The predicted molar refractivity (Wildman–Crippen MR) is 152 cm³/mol. The number of aldehydes is 1. The first-order chi connectivity index (χ1) is 19.2. The number of carbonyl (C=O) groups is 3. The van der Waals surface area contributed by atoms with Gasteiger partial charge < -0.3 is 24.9 Å². The smallest absolute Gasteiger partial charge is 0.306 e. The number of ether oxygens (including phenoxy) is 2. The summed E-state index contributed by atoms with van der Waals surface area (Å²) in [6.45, 7) is 8.16. The minimum absolute atomic E-state index is 0.00402. The average Bonchev–Trinajstić information content (AvgIpc) is 3.50. The van der Waals surface area contributed by atoms with Gasteiger partial charge in [0, 0.05) is 5.92 Å². The molecule has 1 aliphatic carbocycles. The fourth-order valence-electron chi connectivity index (χ4n) is 6.68. The molecule has 1 aromatic heterocycles. The third kappa shape index (κ3) is 6.84. The lowest BCUT2D eigenvalue weighted by molar-refractivity contribution is -0.157. The zero-order valence-corrected chi connectivity index (χ0v) is 24.5. The molecule has 2 aliphatic heterocycles. The molecule has 2 N–H and O–H groups in total. The number of nitrogens with zero attached hydrogens (tertiary/aromatic N) is 3. The molecular formula is C31H46N4O5. The lowest BCUT2D eigenvalue weighted by atomic mass is 9.77. The van der Waals surface area contributed by atoms with E-state index in [1.165, 1.54) is 6.20 Å². The van der Waals surface area contributed by atoms with Crippen molar-refractivity contribution in [3.05, 3.63) is 23.9 Å². The minimum Gasteiger partial charge on any atom is -0.485 e. The first-order valence-electron chi connectivity index (χ1n) is 15.0. The highest BCUT2D eigenvalue weighted by Crippen LogP contribution is 2.38. The number of hydrogen-bond donors (Lipinski definition) is 1. The van der Waals surface area contributed by atoms with Crippen molar-refractivity contribution in [3.63, 3.8) is 0 Å². The normalized spacial score (nSPS) is 30.6. The summed E-state index contributed by atoms with van der Waals surface area (Å²) in [4.78, 5) is 50.4. The second-order valence-corrected chi connectivity index (χ2v) is 12.7. The Hall–Kier alpha value is -2.97. The maximum atomic E-state index is 14.1. The van der Waals surface area contributed by atoms with Crippen molar-refractivity contribution >= 4 is 24.2 Å². The number of carbonyl (C=O) groups excluding carboxylic acids is 3. The highest BCUT2D eigenvalue weighted by molar-refractivity contribution is 5.87. The Bertz CT molecular complexity index is 1080. The molecule has 0 radical (unpaired) electrons. The number of aryl methyl sites for hydroxylation is 1. The van der Waals surface area contributed by atoms with E-state index in [4.69, 9.17) is 20.2 Å². The van der Waals surface area contributed by atoms with Gasteiger partial charge in [0.15, 0.2) is 11.6 Å². The molecule has 9 nitrogen and oxygen atoms in total. The van der Waals surface area contributed by atoms with Gasteiger partial charge in [0.25, 0.3) is 0 Å². The SMILES string of the molecule is CC[C@@H]1[C@@H]2CN(C(=O)[C@H](C(C)(C)C)CC(=O)O[C@@H]3CCC[C@H]3CCCCCc3nc(C=CN)ncc3O2)[C@@H]1C=O. The Morgan fingerprint density at radius 3 is 2.55 bits per heavy atom. The van der Waals surface area contributed by atoms with Crippen molar-refractivity contribution in [3.8, 4) is 5.75 Å². The molecule has 9 heteroatoms. The Morgan fingerprint density at radius 1 is 1.07 bits per heavy atom. The number of rotatable bonds is 3. The van der Waals surface area contributed by atoms with Gasteiger partial charge in [-0.05, 0) is 68.6 Å². The van der Waals surface area contributed by atoms with E-state index in [1.807, 2.05) is 27.7 Å². The Kier molecular flexibility index (Phi) is 9.85. The summed E-state index contributed by atoms with van der Waals surface area (Å²) in [7, 11) is 0. The van der Waals surface area contributed by atoms with Gasteiger partial charge in [0.1, 0.15) is 18.5 Å². The molecule has 1 amide bonds. The molecular weight excluding hydrogens is 508 g/mol. The molecule has 220 valence electrons. The van der Waals surface area contributed by atoms with Crippen LogP contribution in [-0.2, 0) is 25.5 Å². The standard InChI is InChI=1S/C31H46N4O5/c1-5-21-24(19-36)35-18-27(21)39-26-17-33-28(14-15-32)34-23(26)12-8-6-7-10-20-11-9-13-25(20)40-29(37)16-22(30(35)38)31(2,3)4/h14-15,17,19-22,24-25,27H,5-13,16,18,32H2,1-4H3/t20-,21+,22-,24-,25-,27+/m1/s1. The predicted octanol–water partition coefficient (Wildman–Crippen LogP) is 4.47. The molecule has 3 heterocycles. The topological polar surface area (TPSA) is 125 Å². The first-order valence-corrected chi connectivity index (χ1v) is 15.0. The van der Waals surface area contributed by atoms with E-state index < -0.39 is 23.5 Å². The highest BCUT2D eigenvalue weighted by Gasteiger charge is 2.48. The van der Waals surface area contributed by atoms with Crippen LogP contribution >= 0.6 is 0 Å². The summed E-state index contributed by atoms with van der Waals surface area (Å²) in [5.74, 6) is 0.151. The van der Waals surface area contributed by atoms with E-state index >= 15 is 0 Å². The van der Waals surface area contributed by atoms with E-state index in [9.17, 15) is 14.4 Å². The molecule has 4 rings (SSSR count). The highest BCUT2D eigenvalue weighted by atomic mass is 16.5. The summed E-state index contributed by atoms with van der Waals surface area (Å²) in [6.07, 6.45) is 13.6. The van der Waals surface area contributed by atoms with E-state index in [0.717, 1.165) is 63.3 Å². The van der Waals surface area contributed by atoms with Crippen LogP contribution in [0.25, 0.3) is 6.08 Å². The molecule has 1 saturated heterocycles. The van der Waals surface area contributed by atoms with Crippen LogP contribution in [0.15, 0.2) is 12.4 Å². The van der Waals surface area contributed by atoms with Gasteiger partial charge in [-0.3, -0.25) is 9.59 Å². The molecule has 0 unspecified atom stereocenters. The van der Waals surface area contributed by atoms with Gasteiger partial charge >= 0.3 is 5.97 Å². The molecule has 6 atom stereocenters. The Labute approximate surface area is 238 Å². The molecule has 1 aromatic rings. The molecule has 2 fully saturated rings. The third-order valence-electron chi connectivity index (χ3n) is 8.99. The lowest BCUT2D eigenvalue weighted by Gasteiger charge is -2.34. The van der Waals surface area contributed by atoms with Crippen molar-refractivity contribution < 1.29 is 23.9 Å². The zero-order valence-electron chi connectivity index (χ0n) is 24.5. The molecule has 0 spiro atoms. The van der Waals surface area contributed by atoms with E-state index in [2.05, 4.69) is 4.98 Å². The lowest BCUT2D eigenvalue weighted by Crippen LogP contribution is -2.46. The second kappa shape index (κ2) is 13.1. The number of esters is 1. The van der Waals surface area contributed by atoms with Crippen molar-refractivity contribution in [2.75, 3.05) is 6.54 Å². The largest absolute Gasteiger partial charge is 0.485 e. The summed E-state index contributed by atoms with van der Waals surface area (Å²) < 4.78 is 12.5. The van der Waals surface area contributed by atoms with E-state index in [0.29, 0.717) is 23.9 Å². The number of nitrogens with two attached hydrogens (primary N) is 1. The average molecular weight is 555 g/mol. The van der Waals surface area contributed by atoms with Crippen LogP contribution in [-0.4, -0.2) is 57.8 Å². The number of hydrogen-bond acceptors (Lipinski definition) is 8. The van der Waals surface area contributed by atoms with E-state index in [1.54, 1.807) is 17.2 Å². The van der Waals surface area contributed by atoms with Gasteiger partial charge in [0.05, 0.1) is 36.8 Å². The summed E-state index contributed by atoms with van der Waals surface area (Å²) in [5, 5.41) is 0. The first kappa shape index (κ1) is 30.0. The van der Waals surface area contributed by atoms with Crippen LogP contribution < -0.4 is 10.5 Å². The zero-order chi connectivity index (χ0) is 28.9. The molecule has 1 saturated carbocycles. The monoisotopic (exact) mass is 554 g/mol. The number of amides is 1. The van der Waals surface area contributed by atoms with Crippen molar-refractivity contribution in [1.82, 2.24) is 14.9 Å². The fraction of sp³-hybridized carbons (Fsp3) is 0.710. The van der Waals surface area contributed by atoms with Crippen LogP contribution in [0.4, 0.5) is 0 Å². The number of aromatic nitrogens is 2. The van der Waals surface area contributed by atoms with Gasteiger partial charge in [-0.25, -0.2) is 9.97 Å². The molecule has 40 heavy (non-hydrogen) atoms. The van der Waals surface area contributed by atoms with Crippen LogP contribution in [0, 0.1) is 23.2 Å². The second-order valence-electron chi connectivity index (χ2n) is 12.7. The van der Waals surface area contributed by atoms with Crippen molar-refractivity contribution in [2.45, 2.75) is 110 Å².